The largest absolute Gasteiger partial charge is 0.444 e. The summed E-state index contributed by atoms with van der Waals surface area (Å²) in [6, 6.07) is 3.85. The summed E-state index contributed by atoms with van der Waals surface area (Å²) in [5, 5.41) is 4.75. The Bertz CT molecular complexity index is 798. The fourth-order valence-electron chi connectivity index (χ4n) is 2.03. The van der Waals surface area contributed by atoms with E-state index in [-0.39, 0.29) is 12.3 Å². The molecule has 7 nitrogen and oxygen atoms in total. The van der Waals surface area contributed by atoms with E-state index in [9.17, 15) is 4.79 Å². The molecule has 0 bridgehead atoms. The topological polar surface area (TPSA) is 84.2 Å². The zero-order valence-electron chi connectivity index (χ0n) is 12.7. The molecule has 3 aromatic heterocycles. The Morgan fingerprint density at radius 2 is 2.30 bits per heavy atom. The minimum Gasteiger partial charge on any atom is -0.444 e. The number of aromatic nitrogens is 3. The van der Waals surface area contributed by atoms with Crippen LogP contribution >= 0.6 is 11.3 Å². The van der Waals surface area contributed by atoms with Crippen molar-refractivity contribution in [3.63, 3.8) is 0 Å². The molecule has 1 amide bonds. The molecule has 0 fully saturated rings. The Morgan fingerprint density at radius 3 is 3.04 bits per heavy atom. The van der Waals surface area contributed by atoms with Crippen molar-refractivity contribution in [2.45, 2.75) is 6.42 Å². The average Bonchev–Trinajstić information content (AvgIpc) is 3.18. The molecule has 0 radical (unpaired) electrons. The van der Waals surface area contributed by atoms with Crippen LogP contribution in [0, 0.1) is 0 Å². The van der Waals surface area contributed by atoms with Crippen molar-refractivity contribution in [3.05, 3.63) is 42.0 Å². The summed E-state index contributed by atoms with van der Waals surface area (Å²) in [7, 11) is 3.70. The number of carbonyl (C=O) groups excluding carboxylic acids is 1. The Balaban J connectivity index is 1.69. The van der Waals surface area contributed by atoms with Gasteiger partial charge in [0.05, 0.1) is 23.2 Å². The van der Waals surface area contributed by atoms with Crippen molar-refractivity contribution >= 4 is 28.7 Å². The predicted octanol–water partition coefficient (Wildman–Crippen LogP) is 2.44. The molecule has 3 aromatic rings. The van der Waals surface area contributed by atoms with Gasteiger partial charge < -0.3 is 14.6 Å². The van der Waals surface area contributed by atoms with Crippen molar-refractivity contribution in [1.29, 1.82) is 0 Å². The summed E-state index contributed by atoms with van der Waals surface area (Å²) in [5.74, 6) is 0.974. The highest BCUT2D eigenvalue weighted by Gasteiger charge is 2.13. The van der Waals surface area contributed by atoms with Gasteiger partial charge >= 0.3 is 0 Å². The number of anilines is 2. The molecule has 0 aliphatic heterocycles. The van der Waals surface area contributed by atoms with Crippen LogP contribution < -0.4 is 10.2 Å². The molecule has 1 N–H and O–H groups in total. The maximum absolute atomic E-state index is 12.2. The first-order valence-corrected chi connectivity index (χ1v) is 7.77. The highest BCUT2D eigenvalue weighted by atomic mass is 32.1. The lowest BCUT2D eigenvalue weighted by Crippen LogP contribution is -2.19. The quantitative estimate of drug-likeness (QED) is 0.774. The summed E-state index contributed by atoms with van der Waals surface area (Å²) >= 11 is 1.54. The number of nitrogens with one attached hydrogen (secondary N) is 1. The maximum Gasteiger partial charge on any atom is 0.236 e. The fraction of sp³-hybridized carbons (Fsp3) is 0.200. The van der Waals surface area contributed by atoms with Crippen molar-refractivity contribution < 1.29 is 9.21 Å². The second kappa shape index (κ2) is 6.57. The lowest BCUT2D eigenvalue weighted by molar-refractivity contribution is -0.115. The summed E-state index contributed by atoms with van der Waals surface area (Å²) in [6.07, 6.45) is 4.63. The highest BCUT2D eigenvalue weighted by Crippen LogP contribution is 2.24. The van der Waals surface area contributed by atoms with Crippen LogP contribution in [0.2, 0.25) is 0 Å². The van der Waals surface area contributed by atoms with Gasteiger partial charge in [-0.05, 0) is 11.4 Å². The van der Waals surface area contributed by atoms with Gasteiger partial charge in [-0.3, -0.25) is 4.79 Å². The molecular formula is C15H15N5O2S. The summed E-state index contributed by atoms with van der Waals surface area (Å²) < 4.78 is 5.41. The lowest BCUT2D eigenvalue weighted by atomic mass is 10.3. The molecule has 0 aromatic carbocycles. The van der Waals surface area contributed by atoms with Gasteiger partial charge in [0.1, 0.15) is 18.3 Å². The first-order valence-electron chi connectivity index (χ1n) is 6.89. The number of oxazole rings is 1. The molecule has 3 heterocycles. The van der Waals surface area contributed by atoms with E-state index in [1.165, 1.54) is 23.9 Å². The predicted molar refractivity (Wildman–Crippen MR) is 88.5 cm³/mol. The third kappa shape index (κ3) is 3.54. The van der Waals surface area contributed by atoms with Crippen LogP contribution in [0.3, 0.4) is 0 Å². The molecule has 8 heteroatoms. The molecule has 0 aliphatic rings. The smallest absolute Gasteiger partial charge is 0.236 e. The van der Waals surface area contributed by atoms with Gasteiger partial charge in [-0.15, -0.1) is 11.3 Å². The van der Waals surface area contributed by atoms with E-state index in [2.05, 4.69) is 20.3 Å². The minimum atomic E-state index is -0.200. The molecular weight excluding hydrogens is 314 g/mol. The molecule has 0 atom stereocenters. The molecule has 23 heavy (non-hydrogen) atoms. The molecule has 3 rings (SSSR count). The van der Waals surface area contributed by atoms with Crippen LogP contribution in [0.4, 0.5) is 11.5 Å². The number of thiophene rings is 1. The van der Waals surface area contributed by atoms with Gasteiger partial charge in [-0.2, -0.15) is 0 Å². The molecule has 0 saturated heterocycles. The van der Waals surface area contributed by atoms with E-state index in [1.54, 1.807) is 6.20 Å². The summed E-state index contributed by atoms with van der Waals surface area (Å²) in [5.41, 5.74) is 1.14. The number of hydrogen-bond acceptors (Lipinski definition) is 7. The molecule has 0 spiro atoms. The van der Waals surface area contributed by atoms with Crippen LogP contribution in [-0.4, -0.2) is 35.0 Å². The van der Waals surface area contributed by atoms with Crippen molar-refractivity contribution in [1.82, 2.24) is 15.0 Å². The average molecular weight is 329 g/mol. The Labute approximate surface area is 137 Å². The van der Waals surface area contributed by atoms with Gasteiger partial charge in [0.25, 0.3) is 0 Å². The maximum atomic E-state index is 12.2. The van der Waals surface area contributed by atoms with Gasteiger partial charge in [-0.1, -0.05) is 6.07 Å². The van der Waals surface area contributed by atoms with E-state index in [0.29, 0.717) is 23.1 Å². The van der Waals surface area contributed by atoms with Gasteiger partial charge in [0.2, 0.25) is 11.8 Å². The number of hydrogen-bond donors (Lipinski definition) is 1. The van der Waals surface area contributed by atoms with E-state index >= 15 is 0 Å². The summed E-state index contributed by atoms with van der Waals surface area (Å²) in [4.78, 5) is 27.3. The normalized spacial score (nSPS) is 10.5. The second-order valence-corrected chi connectivity index (χ2v) is 5.95. The Morgan fingerprint density at radius 1 is 1.43 bits per heavy atom. The Hall–Kier alpha value is -2.74. The fourth-order valence-corrected chi connectivity index (χ4v) is 2.68. The van der Waals surface area contributed by atoms with Gasteiger partial charge in [0, 0.05) is 14.1 Å². The Kier molecular flexibility index (Phi) is 4.33. The van der Waals surface area contributed by atoms with E-state index < -0.39 is 0 Å². The van der Waals surface area contributed by atoms with Crippen LogP contribution in [0.25, 0.3) is 10.8 Å². The lowest BCUT2D eigenvalue weighted by Gasteiger charge is -2.15. The third-order valence-electron chi connectivity index (χ3n) is 3.01. The van der Waals surface area contributed by atoms with E-state index in [4.69, 9.17) is 4.42 Å². The second-order valence-electron chi connectivity index (χ2n) is 5.00. The van der Waals surface area contributed by atoms with Crippen LogP contribution in [-0.2, 0) is 11.2 Å². The van der Waals surface area contributed by atoms with Crippen molar-refractivity contribution in [3.8, 4) is 10.8 Å². The minimum absolute atomic E-state index is 0.122. The number of carbonyl (C=O) groups is 1. The van der Waals surface area contributed by atoms with Crippen LogP contribution in [0.15, 0.2) is 40.7 Å². The zero-order chi connectivity index (χ0) is 16.2. The molecule has 0 unspecified atom stereocenters. The summed E-state index contributed by atoms with van der Waals surface area (Å²) in [6.45, 7) is 0. The monoisotopic (exact) mass is 329 g/mol. The third-order valence-corrected chi connectivity index (χ3v) is 3.87. The number of rotatable bonds is 5. The first kappa shape index (κ1) is 15.2. The standard InChI is InChI=1S/C15H15N5O2S/c1-20(2)14-11(7-16-9-17-14)19-13(21)6-10-8-22-15(18-10)12-4-3-5-23-12/h3-5,7-9H,6H2,1-2H3,(H,19,21). The highest BCUT2D eigenvalue weighted by molar-refractivity contribution is 7.13. The SMILES string of the molecule is CN(C)c1ncncc1NC(=O)Cc1coc(-c2cccs2)n1. The van der Waals surface area contributed by atoms with Crippen molar-refractivity contribution in [2.75, 3.05) is 24.3 Å². The zero-order valence-corrected chi connectivity index (χ0v) is 13.5. The molecule has 0 saturated carbocycles. The molecule has 0 aliphatic carbocycles. The van der Waals surface area contributed by atoms with E-state index in [0.717, 1.165) is 4.88 Å². The first-order chi connectivity index (χ1) is 11.1. The molecule has 118 valence electrons. The van der Waals surface area contributed by atoms with Gasteiger partial charge in [0.15, 0.2) is 5.82 Å². The van der Waals surface area contributed by atoms with Crippen molar-refractivity contribution in [2.24, 2.45) is 0 Å². The van der Waals surface area contributed by atoms with Crippen LogP contribution in [0.5, 0.6) is 0 Å². The van der Waals surface area contributed by atoms with Gasteiger partial charge in [-0.25, -0.2) is 15.0 Å². The van der Waals surface area contributed by atoms with Crippen LogP contribution in [0.1, 0.15) is 5.69 Å². The van der Waals surface area contributed by atoms with E-state index in [1.807, 2.05) is 36.5 Å². The number of nitrogens with zero attached hydrogens (tertiary/aromatic N) is 4. The number of amides is 1.